The van der Waals surface area contributed by atoms with Gasteiger partial charge in [0.25, 0.3) is 11.5 Å². The predicted octanol–water partition coefficient (Wildman–Crippen LogP) is 2.67. The van der Waals surface area contributed by atoms with Crippen LogP contribution in [0.3, 0.4) is 0 Å². The van der Waals surface area contributed by atoms with Crippen LogP contribution in [0.5, 0.6) is 0 Å². The van der Waals surface area contributed by atoms with Gasteiger partial charge in [-0.3, -0.25) is 14.2 Å². The molecule has 1 N–H and O–H groups in total. The summed E-state index contributed by atoms with van der Waals surface area (Å²) in [5, 5.41) is 2.81. The van der Waals surface area contributed by atoms with Crippen LogP contribution in [0.25, 0.3) is 10.9 Å². The highest BCUT2D eigenvalue weighted by Crippen LogP contribution is 2.18. The highest BCUT2D eigenvalue weighted by molar-refractivity contribution is 5.98. The number of fused-ring (bicyclic) bond motifs is 2. The van der Waals surface area contributed by atoms with Gasteiger partial charge < -0.3 is 10.1 Å². The van der Waals surface area contributed by atoms with E-state index in [0.717, 1.165) is 6.42 Å². The predicted molar refractivity (Wildman–Crippen MR) is 104 cm³/mol. The van der Waals surface area contributed by atoms with Gasteiger partial charge in [-0.1, -0.05) is 12.1 Å². The Hall–Kier alpha value is -3.55. The van der Waals surface area contributed by atoms with Gasteiger partial charge in [0, 0.05) is 13.0 Å². The van der Waals surface area contributed by atoms with Crippen LogP contribution < -0.4 is 10.9 Å². The van der Waals surface area contributed by atoms with Crippen LogP contribution in [0.2, 0.25) is 0 Å². The molecular formula is C21H18FN3O4. The Labute approximate surface area is 165 Å². The van der Waals surface area contributed by atoms with Crippen molar-refractivity contribution in [2.24, 2.45) is 0 Å². The number of hydrogen-bond donors (Lipinski definition) is 1. The van der Waals surface area contributed by atoms with E-state index in [0.29, 0.717) is 29.7 Å². The molecule has 1 aliphatic rings. The number of carbonyl (C=O) groups is 2. The summed E-state index contributed by atoms with van der Waals surface area (Å²) in [6.45, 7) is 2.04. The minimum atomic E-state index is -1.14. The summed E-state index contributed by atoms with van der Waals surface area (Å²) < 4.78 is 20.5. The second-order valence-electron chi connectivity index (χ2n) is 6.84. The molecule has 8 heteroatoms. The second kappa shape index (κ2) is 7.46. The van der Waals surface area contributed by atoms with E-state index in [1.54, 1.807) is 10.6 Å². The van der Waals surface area contributed by atoms with Crippen molar-refractivity contribution in [3.05, 3.63) is 70.0 Å². The summed E-state index contributed by atoms with van der Waals surface area (Å²) in [7, 11) is 0. The van der Waals surface area contributed by atoms with Gasteiger partial charge in [-0.25, -0.2) is 14.2 Å². The topological polar surface area (TPSA) is 90.3 Å². The Morgan fingerprint density at radius 2 is 2.03 bits per heavy atom. The van der Waals surface area contributed by atoms with Gasteiger partial charge in [0.15, 0.2) is 6.10 Å². The minimum Gasteiger partial charge on any atom is -0.449 e. The Kier molecular flexibility index (Phi) is 4.84. The fourth-order valence-electron chi connectivity index (χ4n) is 3.29. The summed E-state index contributed by atoms with van der Waals surface area (Å²) in [5.41, 5.74) is 0.476. The van der Waals surface area contributed by atoms with Crippen LogP contribution in [0, 0.1) is 5.82 Å². The zero-order chi connectivity index (χ0) is 20.5. The van der Waals surface area contributed by atoms with E-state index in [1.807, 2.05) is 0 Å². The molecule has 1 amide bonds. The highest BCUT2D eigenvalue weighted by Gasteiger charge is 2.21. The van der Waals surface area contributed by atoms with Gasteiger partial charge in [-0.2, -0.15) is 0 Å². The number of benzene rings is 2. The number of rotatable bonds is 4. The molecule has 1 aromatic heterocycles. The lowest BCUT2D eigenvalue weighted by atomic mass is 10.1. The number of halogens is 1. The Morgan fingerprint density at radius 1 is 1.24 bits per heavy atom. The molecular weight excluding hydrogens is 377 g/mol. The van der Waals surface area contributed by atoms with Crippen molar-refractivity contribution >= 4 is 28.5 Å². The number of carbonyl (C=O) groups excluding carboxylic acids is 2. The number of hydrogen-bond acceptors (Lipinski definition) is 5. The smallest absolute Gasteiger partial charge is 0.338 e. The third-order valence-electron chi connectivity index (χ3n) is 4.84. The lowest BCUT2D eigenvalue weighted by molar-refractivity contribution is -0.123. The number of aromatic nitrogens is 2. The first kappa shape index (κ1) is 18.8. The summed E-state index contributed by atoms with van der Waals surface area (Å²) in [6, 6.07) is 10.2. The van der Waals surface area contributed by atoms with E-state index < -0.39 is 23.8 Å². The van der Waals surface area contributed by atoms with E-state index in [4.69, 9.17) is 4.74 Å². The monoisotopic (exact) mass is 395 g/mol. The molecule has 7 nitrogen and oxygen atoms in total. The van der Waals surface area contributed by atoms with Crippen molar-refractivity contribution in [1.82, 2.24) is 9.55 Å². The zero-order valence-corrected chi connectivity index (χ0v) is 15.6. The Morgan fingerprint density at radius 3 is 2.83 bits per heavy atom. The quantitative estimate of drug-likeness (QED) is 0.686. The Bertz CT molecular complexity index is 1190. The normalized spacial score (nSPS) is 13.7. The number of esters is 1. The average molecular weight is 395 g/mol. The number of nitrogens with zero attached hydrogens (tertiary/aromatic N) is 2. The third-order valence-corrected chi connectivity index (χ3v) is 4.84. The van der Waals surface area contributed by atoms with Gasteiger partial charge in [-0.05, 0) is 43.7 Å². The maximum atomic E-state index is 13.7. The SMILES string of the molecule is C[C@H](OC(=O)c1ccc2c(=O)n3c(nc2c1)CCC3)C(=O)Nc1ccccc1F. The molecule has 1 atom stereocenters. The van der Waals surface area contributed by atoms with E-state index >= 15 is 0 Å². The molecule has 0 saturated carbocycles. The zero-order valence-electron chi connectivity index (χ0n) is 15.6. The summed E-state index contributed by atoms with van der Waals surface area (Å²) in [6.07, 6.45) is 0.436. The molecule has 29 heavy (non-hydrogen) atoms. The van der Waals surface area contributed by atoms with Gasteiger partial charge in [-0.15, -0.1) is 0 Å². The average Bonchev–Trinajstić information content (AvgIpc) is 3.18. The van der Waals surface area contributed by atoms with E-state index in [2.05, 4.69) is 10.3 Å². The molecule has 148 valence electrons. The van der Waals surface area contributed by atoms with Gasteiger partial charge in [0.1, 0.15) is 11.6 Å². The van der Waals surface area contributed by atoms with E-state index in [1.165, 1.54) is 43.3 Å². The molecule has 0 saturated heterocycles. The standard InChI is InChI=1S/C21H18FN3O4/c1-12(19(26)24-16-6-3-2-5-15(16)22)29-21(28)13-8-9-14-17(11-13)23-18-7-4-10-25(18)20(14)27/h2-3,5-6,8-9,11-12H,4,7,10H2,1H3,(H,24,26)/t12-/m0/s1. The molecule has 4 rings (SSSR count). The van der Waals surface area contributed by atoms with Gasteiger partial charge in [0.05, 0.1) is 22.2 Å². The number of aryl methyl sites for hydroxylation is 1. The lowest BCUT2D eigenvalue weighted by Crippen LogP contribution is -2.30. The van der Waals surface area contributed by atoms with Crippen molar-refractivity contribution in [3.8, 4) is 0 Å². The fourth-order valence-corrected chi connectivity index (χ4v) is 3.29. The number of amides is 1. The van der Waals surface area contributed by atoms with Gasteiger partial charge in [0.2, 0.25) is 0 Å². The maximum Gasteiger partial charge on any atom is 0.338 e. The number of nitrogens with one attached hydrogen (secondary N) is 1. The summed E-state index contributed by atoms with van der Waals surface area (Å²) in [4.78, 5) is 41.6. The molecule has 0 spiro atoms. The molecule has 1 aliphatic heterocycles. The third kappa shape index (κ3) is 3.61. The van der Waals surface area contributed by atoms with Crippen LogP contribution in [-0.2, 0) is 22.5 Å². The lowest BCUT2D eigenvalue weighted by Gasteiger charge is -2.14. The molecule has 2 aromatic carbocycles. The number of ether oxygens (including phenoxy) is 1. The van der Waals surface area contributed by atoms with Crippen molar-refractivity contribution in [2.75, 3.05) is 5.32 Å². The molecule has 0 radical (unpaired) electrons. The first-order chi connectivity index (χ1) is 13.9. The first-order valence-electron chi connectivity index (χ1n) is 9.24. The van der Waals surface area contributed by atoms with Gasteiger partial charge >= 0.3 is 5.97 Å². The fraction of sp³-hybridized carbons (Fsp3) is 0.238. The number of para-hydroxylation sites is 1. The van der Waals surface area contributed by atoms with Crippen molar-refractivity contribution in [2.45, 2.75) is 32.4 Å². The van der Waals surface area contributed by atoms with Crippen LogP contribution >= 0.6 is 0 Å². The van der Waals surface area contributed by atoms with Crippen molar-refractivity contribution < 1.29 is 18.7 Å². The highest BCUT2D eigenvalue weighted by atomic mass is 19.1. The van der Waals surface area contributed by atoms with Crippen LogP contribution in [-0.4, -0.2) is 27.5 Å². The molecule has 0 aliphatic carbocycles. The van der Waals surface area contributed by atoms with E-state index in [9.17, 15) is 18.8 Å². The van der Waals surface area contributed by atoms with Crippen LogP contribution in [0.1, 0.15) is 29.5 Å². The first-order valence-corrected chi connectivity index (χ1v) is 9.24. The van der Waals surface area contributed by atoms with Crippen molar-refractivity contribution in [3.63, 3.8) is 0 Å². The molecule has 0 bridgehead atoms. The Balaban J connectivity index is 1.51. The summed E-state index contributed by atoms with van der Waals surface area (Å²) in [5.74, 6) is -1.27. The summed E-state index contributed by atoms with van der Waals surface area (Å²) >= 11 is 0. The van der Waals surface area contributed by atoms with Crippen molar-refractivity contribution in [1.29, 1.82) is 0 Å². The molecule has 3 aromatic rings. The largest absolute Gasteiger partial charge is 0.449 e. The maximum absolute atomic E-state index is 13.7. The van der Waals surface area contributed by atoms with Crippen LogP contribution in [0.15, 0.2) is 47.3 Å². The minimum absolute atomic E-state index is 0.00429. The second-order valence-corrected chi connectivity index (χ2v) is 6.84. The van der Waals surface area contributed by atoms with E-state index in [-0.39, 0.29) is 16.8 Å². The molecule has 2 heterocycles. The molecule has 0 fully saturated rings. The van der Waals surface area contributed by atoms with Crippen LogP contribution in [0.4, 0.5) is 10.1 Å². The number of anilines is 1. The molecule has 0 unspecified atom stereocenters.